The number of pyridine rings is 1. The average molecular weight is 283 g/mol. The largest absolute Gasteiger partial charge is 0.354 e. The fourth-order valence-electron chi connectivity index (χ4n) is 1.83. The van der Waals surface area contributed by atoms with E-state index in [1.165, 1.54) is 0 Å². The van der Waals surface area contributed by atoms with E-state index in [0.29, 0.717) is 25.1 Å². The first kappa shape index (κ1) is 14.7. The number of hydrogen-bond donors (Lipinski definition) is 2. The Morgan fingerprint density at radius 2 is 1.57 bits per heavy atom. The molecule has 0 aliphatic carbocycles. The fourth-order valence-corrected chi connectivity index (χ4v) is 1.83. The molecule has 1 heterocycles. The van der Waals surface area contributed by atoms with Gasteiger partial charge in [-0.25, -0.2) is 0 Å². The molecule has 2 N–H and O–H groups in total. The smallest absolute Gasteiger partial charge is 0.251 e. The molecule has 0 fully saturated rings. The summed E-state index contributed by atoms with van der Waals surface area (Å²) in [6.45, 7) is 0.796. The van der Waals surface area contributed by atoms with E-state index in [0.717, 1.165) is 5.56 Å². The number of carbonyl (C=O) groups is 2. The number of amides is 2. The molecule has 0 saturated heterocycles. The third kappa shape index (κ3) is 5.06. The molecule has 5 heteroatoms. The van der Waals surface area contributed by atoms with E-state index in [1.54, 1.807) is 24.5 Å². The molecular weight excluding hydrogens is 266 g/mol. The maximum Gasteiger partial charge on any atom is 0.251 e. The highest BCUT2D eigenvalue weighted by molar-refractivity contribution is 5.93. The van der Waals surface area contributed by atoms with Crippen LogP contribution in [0.5, 0.6) is 0 Å². The van der Waals surface area contributed by atoms with Gasteiger partial charge in [-0.3, -0.25) is 14.6 Å². The molecule has 1 aromatic carbocycles. The van der Waals surface area contributed by atoms with Gasteiger partial charge < -0.3 is 10.6 Å². The average Bonchev–Trinajstić information content (AvgIpc) is 2.53. The second-order valence-corrected chi connectivity index (χ2v) is 4.50. The molecule has 0 radical (unpaired) electrons. The molecule has 0 bridgehead atoms. The number of nitrogens with one attached hydrogen (secondary N) is 2. The second kappa shape index (κ2) is 7.79. The van der Waals surface area contributed by atoms with Gasteiger partial charge in [0.1, 0.15) is 0 Å². The van der Waals surface area contributed by atoms with Gasteiger partial charge in [-0.05, 0) is 17.7 Å². The highest BCUT2D eigenvalue weighted by Crippen LogP contribution is 1.99. The van der Waals surface area contributed by atoms with Crippen molar-refractivity contribution in [3.63, 3.8) is 0 Å². The van der Waals surface area contributed by atoms with Gasteiger partial charge in [0.05, 0.1) is 6.42 Å². The van der Waals surface area contributed by atoms with Crippen molar-refractivity contribution >= 4 is 11.8 Å². The Bertz CT molecular complexity index is 585. The summed E-state index contributed by atoms with van der Waals surface area (Å²) >= 11 is 0. The Labute approximate surface area is 123 Å². The normalized spacial score (nSPS) is 9.90. The van der Waals surface area contributed by atoms with Gasteiger partial charge in [-0.2, -0.15) is 0 Å². The zero-order chi connectivity index (χ0) is 14.9. The monoisotopic (exact) mass is 283 g/mol. The van der Waals surface area contributed by atoms with Gasteiger partial charge in [0.2, 0.25) is 5.91 Å². The molecule has 0 saturated carbocycles. The summed E-state index contributed by atoms with van der Waals surface area (Å²) in [4.78, 5) is 27.3. The molecule has 0 atom stereocenters. The molecule has 2 amide bonds. The van der Waals surface area contributed by atoms with Crippen molar-refractivity contribution in [3.05, 3.63) is 66.0 Å². The van der Waals surface area contributed by atoms with E-state index in [-0.39, 0.29) is 11.8 Å². The minimum Gasteiger partial charge on any atom is -0.354 e. The van der Waals surface area contributed by atoms with E-state index in [4.69, 9.17) is 0 Å². The summed E-state index contributed by atoms with van der Waals surface area (Å²) in [6.07, 6.45) is 3.48. The molecule has 2 aromatic rings. The van der Waals surface area contributed by atoms with Crippen LogP contribution in [0.25, 0.3) is 0 Å². The molecule has 0 unspecified atom stereocenters. The molecule has 0 aliphatic heterocycles. The molecule has 1 aromatic heterocycles. The van der Waals surface area contributed by atoms with Crippen LogP contribution in [0.3, 0.4) is 0 Å². The summed E-state index contributed by atoms with van der Waals surface area (Å²) < 4.78 is 0. The summed E-state index contributed by atoms with van der Waals surface area (Å²) in [5, 5.41) is 5.51. The van der Waals surface area contributed by atoms with E-state index >= 15 is 0 Å². The van der Waals surface area contributed by atoms with Crippen LogP contribution in [-0.2, 0) is 11.2 Å². The number of hydrogen-bond acceptors (Lipinski definition) is 3. The highest BCUT2D eigenvalue weighted by Gasteiger charge is 2.05. The number of nitrogens with zero attached hydrogens (tertiary/aromatic N) is 1. The predicted octanol–water partition coefficient (Wildman–Crippen LogP) is 1.17. The maximum absolute atomic E-state index is 11.7. The van der Waals surface area contributed by atoms with Crippen LogP contribution >= 0.6 is 0 Å². The summed E-state index contributed by atoms with van der Waals surface area (Å²) in [5.74, 6) is -0.228. The molecule has 108 valence electrons. The van der Waals surface area contributed by atoms with E-state index in [9.17, 15) is 9.59 Å². The van der Waals surface area contributed by atoms with Crippen LogP contribution in [0, 0.1) is 0 Å². The Kier molecular flexibility index (Phi) is 5.46. The van der Waals surface area contributed by atoms with Crippen molar-refractivity contribution in [2.75, 3.05) is 13.1 Å². The summed E-state index contributed by atoms with van der Waals surface area (Å²) in [6, 6.07) is 12.8. The van der Waals surface area contributed by atoms with Crippen molar-refractivity contribution in [3.8, 4) is 0 Å². The SMILES string of the molecule is O=C(Cc1ccccc1)NCCNC(=O)c1ccncc1. The zero-order valence-corrected chi connectivity index (χ0v) is 11.6. The van der Waals surface area contributed by atoms with Crippen LogP contribution in [0.2, 0.25) is 0 Å². The first-order valence-corrected chi connectivity index (χ1v) is 6.74. The minimum atomic E-state index is -0.172. The highest BCUT2D eigenvalue weighted by atomic mass is 16.2. The number of rotatable bonds is 6. The predicted molar refractivity (Wildman–Crippen MR) is 79.7 cm³/mol. The lowest BCUT2D eigenvalue weighted by molar-refractivity contribution is -0.120. The lowest BCUT2D eigenvalue weighted by Gasteiger charge is -2.07. The van der Waals surface area contributed by atoms with Crippen LogP contribution in [0.1, 0.15) is 15.9 Å². The van der Waals surface area contributed by atoms with E-state index in [2.05, 4.69) is 15.6 Å². The van der Waals surface area contributed by atoms with Crippen molar-refractivity contribution in [2.24, 2.45) is 0 Å². The van der Waals surface area contributed by atoms with E-state index in [1.807, 2.05) is 30.3 Å². The standard InChI is InChI=1S/C16H17N3O2/c20-15(12-13-4-2-1-3-5-13)18-10-11-19-16(21)14-6-8-17-9-7-14/h1-9H,10-12H2,(H,18,20)(H,19,21). The van der Waals surface area contributed by atoms with Gasteiger partial charge >= 0.3 is 0 Å². The van der Waals surface area contributed by atoms with Gasteiger partial charge in [0, 0.05) is 31.0 Å². The fraction of sp³-hybridized carbons (Fsp3) is 0.188. The van der Waals surface area contributed by atoms with Crippen LogP contribution < -0.4 is 10.6 Å². The first-order chi connectivity index (χ1) is 10.3. The van der Waals surface area contributed by atoms with E-state index < -0.39 is 0 Å². The number of carbonyl (C=O) groups excluding carboxylic acids is 2. The minimum absolute atomic E-state index is 0.0561. The van der Waals surface area contributed by atoms with Gasteiger partial charge in [-0.15, -0.1) is 0 Å². The molecule has 2 rings (SSSR count). The molecule has 0 aliphatic rings. The molecule has 0 spiro atoms. The quantitative estimate of drug-likeness (QED) is 0.782. The topological polar surface area (TPSA) is 71.1 Å². The molecular formula is C16H17N3O2. The van der Waals surface area contributed by atoms with Gasteiger partial charge in [0.25, 0.3) is 5.91 Å². The van der Waals surface area contributed by atoms with Gasteiger partial charge in [-0.1, -0.05) is 30.3 Å². The number of benzene rings is 1. The Balaban J connectivity index is 1.66. The lowest BCUT2D eigenvalue weighted by atomic mass is 10.1. The summed E-state index contributed by atoms with van der Waals surface area (Å²) in [5.41, 5.74) is 1.52. The second-order valence-electron chi connectivity index (χ2n) is 4.50. The Morgan fingerprint density at radius 3 is 2.29 bits per heavy atom. The third-order valence-corrected chi connectivity index (χ3v) is 2.88. The third-order valence-electron chi connectivity index (χ3n) is 2.88. The Morgan fingerprint density at radius 1 is 0.905 bits per heavy atom. The van der Waals surface area contributed by atoms with Crippen molar-refractivity contribution in [1.82, 2.24) is 15.6 Å². The van der Waals surface area contributed by atoms with Crippen molar-refractivity contribution in [1.29, 1.82) is 0 Å². The van der Waals surface area contributed by atoms with Crippen LogP contribution in [0.15, 0.2) is 54.9 Å². The Hall–Kier alpha value is -2.69. The van der Waals surface area contributed by atoms with Gasteiger partial charge in [0.15, 0.2) is 0 Å². The van der Waals surface area contributed by atoms with Crippen LogP contribution in [-0.4, -0.2) is 29.9 Å². The maximum atomic E-state index is 11.7. The molecule has 5 nitrogen and oxygen atoms in total. The lowest BCUT2D eigenvalue weighted by Crippen LogP contribution is -2.35. The summed E-state index contributed by atoms with van der Waals surface area (Å²) in [7, 11) is 0. The van der Waals surface area contributed by atoms with Crippen molar-refractivity contribution < 1.29 is 9.59 Å². The van der Waals surface area contributed by atoms with Crippen molar-refractivity contribution in [2.45, 2.75) is 6.42 Å². The van der Waals surface area contributed by atoms with Crippen LogP contribution in [0.4, 0.5) is 0 Å². The molecule has 21 heavy (non-hydrogen) atoms. The first-order valence-electron chi connectivity index (χ1n) is 6.74. The number of aromatic nitrogens is 1. The zero-order valence-electron chi connectivity index (χ0n) is 11.6.